The number of hydrogen-bond donors (Lipinski definition) is 0. The molecule has 29 heavy (non-hydrogen) atoms. The Labute approximate surface area is 171 Å². The summed E-state index contributed by atoms with van der Waals surface area (Å²) in [5.41, 5.74) is 1.57. The molecule has 0 aromatic heterocycles. The molecular formula is C23H27NO5. The Balaban J connectivity index is 1.69. The highest BCUT2D eigenvalue weighted by molar-refractivity contribution is 5.82. The highest BCUT2D eigenvalue weighted by atomic mass is 16.6. The molecule has 154 valence electrons. The minimum absolute atomic E-state index is 0.259. The lowest BCUT2D eigenvalue weighted by atomic mass is 10.1. The van der Waals surface area contributed by atoms with Gasteiger partial charge < -0.3 is 14.2 Å². The predicted molar refractivity (Wildman–Crippen MR) is 110 cm³/mol. The number of rotatable bonds is 4. The monoisotopic (exact) mass is 397 g/mol. The molecule has 1 aliphatic rings. The van der Waals surface area contributed by atoms with Crippen molar-refractivity contribution in [3.63, 3.8) is 0 Å². The molecule has 6 nitrogen and oxygen atoms in total. The summed E-state index contributed by atoms with van der Waals surface area (Å²) in [4.78, 5) is 26.1. The van der Waals surface area contributed by atoms with Crippen molar-refractivity contribution in [3.8, 4) is 16.9 Å². The topological polar surface area (TPSA) is 65.1 Å². The lowest BCUT2D eigenvalue weighted by Crippen LogP contribution is -2.44. The Kier molecular flexibility index (Phi) is 6.11. The zero-order valence-electron chi connectivity index (χ0n) is 17.3. The number of carbonyl (C=O) groups excluding carboxylic acids is 2. The molecule has 2 atom stereocenters. The summed E-state index contributed by atoms with van der Waals surface area (Å²) < 4.78 is 16.3. The van der Waals surface area contributed by atoms with Gasteiger partial charge in [0.25, 0.3) is 0 Å². The van der Waals surface area contributed by atoms with Crippen molar-refractivity contribution in [2.75, 3.05) is 13.7 Å². The molecule has 1 aliphatic heterocycles. The van der Waals surface area contributed by atoms with Crippen LogP contribution in [0.5, 0.6) is 5.75 Å². The SMILES string of the molecule is COC(=O)C1CC(Oc2ccc(-c3ccccc3)cc2)CN1C(=O)OC(C)(C)C. The van der Waals surface area contributed by atoms with Gasteiger partial charge in [0.2, 0.25) is 0 Å². The average molecular weight is 397 g/mol. The minimum atomic E-state index is -0.719. The van der Waals surface area contributed by atoms with Gasteiger partial charge in [0.05, 0.1) is 13.7 Å². The normalized spacial score (nSPS) is 19.0. The van der Waals surface area contributed by atoms with Crippen molar-refractivity contribution >= 4 is 12.1 Å². The van der Waals surface area contributed by atoms with Crippen molar-refractivity contribution in [2.45, 2.75) is 44.9 Å². The fourth-order valence-corrected chi connectivity index (χ4v) is 3.31. The molecule has 3 rings (SSSR count). The molecular weight excluding hydrogens is 370 g/mol. The molecule has 0 radical (unpaired) electrons. The van der Waals surface area contributed by atoms with Gasteiger partial charge in [-0.25, -0.2) is 9.59 Å². The fraction of sp³-hybridized carbons (Fsp3) is 0.391. The molecule has 0 spiro atoms. The van der Waals surface area contributed by atoms with E-state index < -0.39 is 23.7 Å². The van der Waals surface area contributed by atoms with Crippen molar-refractivity contribution in [3.05, 3.63) is 54.6 Å². The summed E-state index contributed by atoms with van der Waals surface area (Å²) in [6.07, 6.45) is -0.514. The first-order valence-corrected chi connectivity index (χ1v) is 9.66. The van der Waals surface area contributed by atoms with Crippen LogP contribution in [0.2, 0.25) is 0 Å². The molecule has 0 aliphatic carbocycles. The Morgan fingerprint density at radius 2 is 1.59 bits per heavy atom. The number of esters is 1. The van der Waals surface area contributed by atoms with Crippen LogP contribution in [0.3, 0.4) is 0 Å². The van der Waals surface area contributed by atoms with Crippen LogP contribution in [0.15, 0.2) is 54.6 Å². The maximum Gasteiger partial charge on any atom is 0.411 e. The van der Waals surface area contributed by atoms with Gasteiger partial charge in [-0.05, 0) is 44.0 Å². The molecule has 1 heterocycles. The Morgan fingerprint density at radius 3 is 2.17 bits per heavy atom. The second-order valence-electron chi connectivity index (χ2n) is 8.04. The van der Waals surface area contributed by atoms with E-state index in [2.05, 4.69) is 0 Å². The molecule has 0 N–H and O–H groups in total. The molecule has 1 fully saturated rings. The second-order valence-corrected chi connectivity index (χ2v) is 8.04. The zero-order chi connectivity index (χ0) is 21.0. The molecule has 2 aromatic carbocycles. The van der Waals surface area contributed by atoms with E-state index in [1.165, 1.54) is 12.0 Å². The highest BCUT2D eigenvalue weighted by Gasteiger charge is 2.43. The van der Waals surface area contributed by atoms with E-state index in [1.54, 1.807) is 20.8 Å². The minimum Gasteiger partial charge on any atom is -0.488 e. The average Bonchev–Trinajstić information content (AvgIpc) is 3.11. The third-order valence-corrected chi connectivity index (χ3v) is 4.63. The number of likely N-dealkylation sites (tertiary alicyclic amines) is 1. The number of hydrogen-bond acceptors (Lipinski definition) is 5. The smallest absolute Gasteiger partial charge is 0.411 e. The van der Waals surface area contributed by atoms with E-state index in [4.69, 9.17) is 14.2 Å². The fourth-order valence-electron chi connectivity index (χ4n) is 3.31. The predicted octanol–water partition coefficient (Wildman–Crippen LogP) is 4.28. The van der Waals surface area contributed by atoms with Gasteiger partial charge in [0, 0.05) is 6.42 Å². The molecule has 0 bridgehead atoms. The van der Waals surface area contributed by atoms with Crippen LogP contribution in [0.4, 0.5) is 4.79 Å². The Morgan fingerprint density at radius 1 is 0.966 bits per heavy atom. The van der Waals surface area contributed by atoms with Crippen LogP contribution >= 0.6 is 0 Å². The standard InChI is InChI=1S/C23H27NO5/c1-23(2,3)29-22(26)24-15-19(14-20(24)21(25)27-4)28-18-12-10-17(11-13-18)16-8-6-5-7-9-16/h5-13,19-20H,14-15H2,1-4H3. The lowest BCUT2D eigenvalue weighted by Gasteiger charge is -2.27. The van der Waals surface area contributed by atoms with Crippen LogP contribution in [0.25, 0.3) is 11.1 Å². The molecule has 1 amide bonds. The van der Waals surface area contributed by atoms with Crippen LogP contribution in [0, 0.1) is 0 Å². The van der Waals surface area contributed by atoms with Crippen LogP contribution in [-0.2, 0) is 14.3 Å². The molecule has 0 saturated carbocycles. The van der Waals surface area contributed by atoms with Crippen molar-refractivity contribution in [1.29, 1.82) is 0 Å². The summed E-state index contributed by atoms with van der Waals surface area (Å²) in [5, 5.41) is 0. The van der Waals surface area contributed by atoms with Crippen LogP contribution < -0.4 is 4.74 Å². The van der Waals surface area contributed by atoms with Crippen molar-refractivity contribution in [2.24, 2.45) is 0 Å². The van der Waals surface area contributed by atoms with Crippen molar-refractivity contribution < 1.29 is 23.8 Å². The zero-order valence-corrected chi connectivity index (χ0v) is 17.3. The van der Waals surface area contributed by atoms with Crippen molar-refractivity contribution in [1.82, 2.24) is 4.90 Å². The van der Waals surface area contributed by atoms with Gasteiger partial charge in [-0.2, -0.15) is 0 Å². The first-order valence-electron chi connectivity index (χ1n) is 9.66. The number of amides is 1. The number of methoxy groups -OCH3 is 1. The summed E-state index contributed by atoms with van der Waals surface area (Å²) in [5.74, 6) is 0.214. The van der Waals surface area contributed by atoms with E-state index in [0.29, 0.717) is 12.2 Å². The first-order chi connectivity index (χ1) is 13.8. The Hall–Kier alpha value is -3.02. The van der Waals surface area contributed by atoms with Gasteiger partial charge in [-0.1, -0.05) is 42.5 Å². The van der Waals surface area contributed by atoms with Gasteiger partial charge in [0.15, 0.2) is 0 Å². The highest BCUT2D eigenvalue weighted by Crippen LogP contribution is 2.27. The van der Waals surface area contributed by atoms with E-state index in [-0.39, 0.29) is 12.6 Å². The molecule has 2 unspecified atom stereocenters. The molecule has 2 aromatic rings. The quantitative estimate of drug-likeness (QED) is 0.721. The number of carbonyl (C=O) groups is 2. The Bertz CT molecular complexity index is 842. The third-order valence-electron chi connectivity index (χ3n) is 4.63. The largest absolute Gasteiger partial charge is 0.488 e. The van der Waals surface area contributed by atoms with Gasteiger partial charge in [0.1, 0.15) is 23.5 Å². The number of benzene rings is 2. The van der Waals surface area contributed by atoms with E-state index >= 15 is 0 Å². The van der Waals surface area contributed by atoms with E-state index in [1.807, 2.05) is 54.6 Å². The first kappa shape index (κ1) is 20.7. The third kappa shape index (κ3) is 5.28. The summed E-state index contributed by atoms with van der Waals surface area (Å²) in [7, 11) is 1.31. The summed E-state index contributed by atoms with van der Waals surface area (Å²) in [6, 6.07) is 17.1. The molecule has 6 heteroatoms. The summed E-state index contributed by atoms with van der Waals surface area (Å²) in [6.45, 7) is 5.62. The second kappa shape index (κ2) is 8.55. The lowest BCUT2D eigenvalue weighted by molar-refractivity contribution is -0.145. The van der Waals surface area contributed by atoms with Crippen LogP contribution in [-0.4, -0.2) is 48.4 Å². The van der Waals surface area contributed by atoms with E-state index in [0.717, 1.165) is 11.1 Å². The van der Waals surface area contributed by atoms with Gasteiger partial charge in [-0.15, -0.1) is 0 Å². The maximum absolute atomic E-state index is 12.5. The van der Waals surface area contributed by atoms with E-state index in [9.17, 15) is 9.59 Å². The molecule has 1 saturated heterocycles. The van der Waals surface area contributed by atoms with Gasteiger partial charge in [-0.3, -0.25) is 4.90 Å². The maximum atomic E-state index is 12.5. The number of ether oxygens (including phenoxy) is 3. The summed E-state index contributed by atoms with van der Waals surface area (Å²) >= 11 is 0. The van der Waals surface area contributed by atoms with Gasteiger partial charge >= 0.3 is 12.1 Å². The van der Waals surface area contributed by atoms with Crippen LogP contribution in [0.1, 0.15) is 27.2 Å². The number of nitrogens with zero attached hydrogens (tertiary/aromatic N) is 1.